The number of benzene rings is 1. The van der Waals surface area contributed by atoms with Gasteiger partial charge >= 0.3 is 0 Å². The summed E-state index contributed by atoms with van der Waals surface area (Å²) in [6.45, 7) is 4.18. The highest BCUT2D eigenvalue weighted by molar-refractivity contribution is 5.26. The molecular weight excluding hydrogens is 212 g/mol. The van der Waals surface area contributed by atoms with Gasteiger partial charge in [0.1, 0.15) is 0 Å². The quantitative estimate of drug-likeness (QED) is 0.808. The Morgan fingerprint density at radius 2 is 2.06 bits per heavy atom. The molecule has 1 aromatic rings. The molecule has 0 saturated carbocycles. The summed E-state index contributed by atoms with van der Waals surface area (Å²) in [5.74, 6) is 0.671. The van der Waals surface area contributed by atoms with Gasteiger partial charge in [-0.1, -0.05) is 24.3 Å². The van der Waals surface area contributed by atoms with Crippen LogP contribution in [0.1, 0.15) is 24.0 Å². The van der Waals surface area contributed by atoms with Crippen molar-refractivity contribution in [2.45, 2.75) is 25.9 Å². The summed E-state index contributed by atoms with van der Waals surface area (Å²) in [5, 5.41) is 8.95. The Bertz CT molecular complexity index is 354. The van der Waals surface area contributed by atoms with Crippen LogP contribution in [0, 0.1) is 5.92 Å². The van der Waals surface area contributed by atoms with Crippen LogP contribution in [0.4, 0.5) is 0 Å². The highest BCUT2D eigenvalue weighted by Gasteiger charge is 2.22. The van der Waals surface area contributed by atoms with E-state index in [-0.39, 0.29) is 0 Å². The molecule has 2 rings (SSSR count). The van der Waals surface area contributed by atoms with Crippen LogP contribution in [0.3, 0.4) is 0 Å². The molecule has 3 N–H and O–H groups in total. The third kappa shape index (κ3) is 3.28. The maximum absolute atomic E-state index is 8.95. The van der Waals surface area contributed by atoms with Crippen LogP contribution in [-0.2, 0) is 13.1 Å². The van der Waals surface area contributed by atoms with Gasteiger partial charge in [0.25, 0.3) is 0 Å². The van der Waals surface area contributed by atoms with Crippen LogP contribution in [-0.4, -0.2) is 29.7 Å². The van der Waals surface area contributed by atoms with Crippen molar-refractivity contribution in [2.24, 2.45) is 11.7 Å². The molecule has 0 radical (unpaired) electrons. The fraction of sp³-hybridized carbons (Fsp3) is 0.571. The van der Waals surface area contributed by atoms with E-state index in [1.165, 1.54) is 17.5 Å². The highest BCUT2D eigenvalue weighted by Crippen LogP contribution is 2.22. The van der Waals surface area contributed by atoms with Crippen molar-refractivity contribution in [1.29, 1.82) is 0 Å². The summed E-state index contributed by atoms with van der Waals surface area (Å²) in [6.07, 6.45) is 2.15. The third-order valence-corrected chi connectivity index (χ3v) is 3.64. The number of likely N-dealkylation sites (tertiary alicyclic amines) is 1. The maximum Gasteiger partial charge on any atom is 0.0434 e. The SMILES string of the molecule is NCc1ccccc1CN1CCC(CCO)C1. The second kappa shape index (κ2) is 6.15. The molecule has 1 aliphatic rings. The Morgan fingerprint density at radius 3 is 2.76 bits per heavy atom. The number of nitrogens with zero attached hydrogens (tertiary/aromatic N) is 1. The van der Waals surface area contributed by atoms with Crippen molar-refractivity contribution in [3.8, 4) is 0 Å². The molecule has 1 atom stereocenters. The first-order valence-electron chi connectivity index (χ1n) is 6.43. The Morgan fingerprint density at radius 1 is 1.29 bits per heavy atom. The van der Waals surface area contributed by atoms with E-state index in [1.54, 1.807) is 0 Å². The van der Waals surface area contributed by atoms with Gasteiger partial charge in [-0.15, -0.1) is 0 Å². The summed E-state index contributed by atoms with van der Waals surface area (Å²) < 4.78 is 0. The summed E-state index contributed by atoms with van der Waals surface area (Å²) in [6, 6.07) is 8.40. The molecule has 1 heterocycles. The van der Waals surface area contributed by atoms with Gasteiger partial charge in [0.05, 0.1) is 0 Å². The van der Waals surface area contributed by atoms with Crippen molar-refractivity contribution in [3.63, 3.8) is 0 Å². The van der Waals surface area contributed by atoms with Crippen LogP contribution in [0.15, 0.2) is 24.3 Å². The molecule has 0 spiro atoms. The lowest BCUT2D eigenvalue weighted by Gasteiger charge is -2.17. The zero-order chi connectivity index (χ0) is 12.1. The van der Waals surface area contributed by atoms with E-state index in [1.807, 2.05) is 6.07 Å². The number of aliphatic hydroxyl groups excluding tert-OH is 1. The van der Waals surface area contributed by atoms with E-state index in [2.05, 4.69) is 23.1 Å². The average molecular weight is 234 g/mol. The van der Waals surface area contributed by atoms with Crippen LogP contribution >= 0.6 is 0 Å². The molecule has 94 valence electrons. The van der Waals surface area contributed by atoms with Crippen molar-refractivity contribution in [1.82, 2.24) is 4.90 Å². The molecule has 0 aromatic heterocycles. The Hall–Kier alpha value is -0.900. The van der Waals surface area contributed by atoms with Gasteiger partial charge in [-0.25, -0.2) is 0 Å². The molecule has 0 amide bonds. The highest BCUT2D eigenvalue weighted by atomic mass is 16.3. The average Bonchev–Trinajstić information content (AvgIpc) is 2.78. The van der Waals surface area contributed by atoms with Crippen LogP contribution in [0.5, 0.6) is 0 Å². The van der Waals surface area contributed by atoms with Gasteiger partial charge in [-0.2, -0.15) is 0 Å². The minimum absolute atomic E-state index is 0.317. The number of nitrogens with two attached hydrogens (primary N) is 1. The van der Waals surface area contributed by atoms with E-state index in [0.29, 0.717) is 19.1 Å². The maximum atomic E-state index is 8.95. The summed E-state index contributed by atoms with van der Waals surface area (Å²) in [7, 11) is 0. The van der Waals surface area contributed by atoms with Crippen molar-refractivity contribution < 1.29 is 5.11 Å². The fourth-order valence-electron chi connectivity index (χ4n) is 2.63. The Kier molecular flexibility index (Phi) is 4.54. The lowest BCUT2D eigenvalue weighted by Crippen LogP contribution is -2.21. The normalized spacial score (nSPS) is 20.9. The van der Waals surface area contributed by atoms with Crippen molar-refractivity contribution in [3.05, 3.63) is 35.4 Å². The van der Waals surface area contributed by atoms with E-state index in [4.69, 9.17) is 10.8 Å². The molecule has 1 aliphatic heterocycles. The first kappa shape index (κ1) is 12.6. The van der Waals surface area contributed by atoms with Gasteiger partial charge in [0.2, 0.25) is 0 Å². The van der Waals surface area contributed by atoms with Crippen LogP contribution < -0.4 is 5.73 Å². The molecular formula is C14H22N2O. The summed E-state index contributed by atoms with van der Waals surface area (Å²) >= 11 is 0. The zero-order valence-corrected chi connectivity index (χ0v) is 10.3. The van der Waals surface area contributed by atoms with Gasteiger partial charge in [0.15, 0.2) is 0 Å². The third-order valence-electron chi connectivity index (χ3n) is 3.64. The first-order chi connectivity index (χ1) is 8.33. The van der Waals surface area contributed by atoms with E-state index < -0.39 is 0 Å². The second-order valence-corrected chi connectivity index (χ2v) is 4.87. The summed E-state index contributed by atoms with van der Waals surface area (Å²) in [5.41, 5.74) is 8.34. The minimum Gasteiger partial charge on any atom is -0.396 e. The molecule has 3 nitrogen and oxygen atoms in total. The molecule has 0 aliphatic carbocycles. The second-order valence-electron chi connectivity index (χ2n) is 4.87. The van der Waals surface area contributed by atoms with E-state index >= 15 is 0 Å². The molecule has 17 heavy (non-hydrogen) atoms. The fourth-order valence-corrected chi connectivity index (χ4v) is 2.63. The molecule has 1 fully saturated rings. The van der Waals surface area contributed by atoms with Crippen LogP contribution in [0.2, 0.25) is 0 Å². The van der Waals surface area contributed by atoms with Crippen molar-refractivity contribution >= 4 is 0 Å². The Labute approximate surface area is 103 Å². The molecule has 3 heteroatoms. The van der Waals surface area contributed by atoms with Crippen LogP contribution in [0.25, 0.3) is 0 Å². The summed E-state index contributed by atoms with van der Waals surface area (Å²) in [4.78, 5) is 2.47. The zero-order valence-electron chi connectivity index (χ0n) is 10.3. The standard InChI is InChI=1S/C14H22N2O/c15-9-13-3-1-2-4-14(13)11-16-7-5-12(10-16)6-8-17/h1-4,12,17H,5-11,15H2. The number of hydrogen-bond donors (Lipinski definition) is 2. The van der Waals surface area contributed by atoms with Gasteiger partial charge < -0.3 is 10.8 Å². The predicted octanol–water partition coefficient (Wildman–Crippen LogP) is 1.35. The smallest absolute Gasteiger partial charge is 0.0434 e. The van der Waals surface area contributed by atoms with Crippen molar-refractivity contribution in [2.75, 3.05) is 19.7 Å². The largest absolute Gasteiger partial charge is 0.396 e. The number of rotatable bonds is 5. The first-order valence-corrected chi connectivity index (χ1v) is 6.43. The topological polar surface area (TPSA) is 49.5 Å². The van der Waals surface area contributed by atoms with Gasteiger partial charge in [-0.3, -0.25) is 4.90 Å². The van der Waals surface area contributed by atoms with E-state index in [0.717, 1.165) is 26.1 Å². The van der Waals surface area contributed by atoms with Gasteiger partial charge in [0, 0.05) is 26.2 Å². The monoisotopic (exact) mass is 234 g/mol. The van der Waals surface area contributed by atoms with E-state index in [9.17, 15) is 0 Å². The lowest BCUT2D eigenvalue weighted by atomic mass is 10.1. The minimum atomic E-state index is 0.317. The Balaban J connectivity index is 1.93. The molecule has 1 aromatic carbocycles. The van der Waals surface area contributed by atoms with Gasteiger partial charge in [-0.05, 0) is 36.4 Å². The molecule has 0 bridgehead atoms. The lowest BCUT2D eigenvalue weighted by molar-refractivity contribution is 0.249. The predicted molar refractivity (Wildman–Crippen MR) is 69.4 cm³/mol. The molecule has 1 saturated heterocycles. The molecule has 1 unspecified atom stereocenters. The number of aliphatic hydroxyl groups is 1. The number of hydrogen-bond acceptors (Lipinski definition) is 3.